The highest BCUT2D eigenvalue weighted by Crippen LogP contribution is 2.57. The van der Waals surface area contributed by atoms with Gasteiger partial charge in [-0.3, -0.25) is 4.79 Å². The van der Waals surface area contributed by atoms with Gasteiger partial charge in [0, 0.05) is 11.8 Å². The molecule has 2 nitrogen and oxygen atoms in total. The van der Waals surface area contributed by atoms with Crippen LogP contribution < -0.4 is 0 Å². The lowest BCUT2D eigenvalue weighted by atomic mass is 9.61. The van der Waals surface area contributed by atoms with Gasteiger partial charge in [-0.05, 0) is 44.1 Å². The molecule has 0 spiro atoms. The van der Waals surface area contributed by atoms with E-state index in [1.165, 1.54) is 49.7 Å². The summed E-state index contributed by atoms with van der Waals surface area (Å²) in [6, 6.07) is 8.84. The Morgan fingerprint density at radius 3 is 2.33 bits per heavy atom. The topological polar surface area (TPSA) is 26.3 Å². The van der Waals surface area contributed by atoms with Crippen molar-refractivity contribution in [1.29, 1.82) is 0 Å². The first kappa shape index (κ1) is 16.2. The zero-order valence-electron chi connectivity index (χ0n) is 15.1. The van der Waals surface area contributed by atoms with Gasteiger partial charge < -0.3 is 4.74 Å². The van der Waals surface area contributed by atoms with Gasteiger partial charge >= 0.3 is 5.97 Å². The number of esters is 1. The highest BCUT2D eigenvalue weighted by molar-refractivity contribution is 5.76. The van der Waals surface area contributed by atoms with Crippen molar-refractivity contribution in [3.63, 3.8) is 0 Å². The maximum atomic E-state index is 12.7. The zero-order valence-corrected chi connectivity index (χ0v) is 15.1. The molecule has 0 N–H and O–H groups in total. The Balaban J connectivity index is 1.77. The van der Waals surface area contributed by atoms with Crippen LogP contribution in [0.4, 0.5) is 0 Å². The number of cyclic esters (lactones) is 1. The third-order valence-corrected chi connectivity index (χ3v) is 7.01. The molecule has 2 heteroatoms. The van der Waals surface area contributed by atoms with Gasteiger partial charge in [0.1, 0.15) is 5.60 Å². The van der Waals surface area contributed by atoms with Crippen LogP contribution in [0, 0.1) is 30.6 Å². The van der Waals surface area contributed by atoms with E-state index < -0.39 is 0 Å². The van der Waals surface area contributed by atoms with Crippen molar-refractivity contribution in [2.45, 2.75) is 70.8 Å². The maximum absolute atomic E-state index is 12.7. The standard InChI is InChI=1S/C22H30O2/c1-15-7-11-17(12-8-15)22(18-13-9-16(2)10-14-18)20-6-4-3-5-19(20)21(23)24-22/h7-8,11-12,16,18-20H,3-6,9-10,13-14H2,1-2H3. The molecule has 0 amide bonds. The van der Waals surface area contributed by atoms with E-state index in [9.17, 15) is 4.79 Å². The minimum absolute atomic E-state index is 0.0823. The summed E-state index contributed by atoms with van der Waals surface area (Å²) in [5, 5.41) is 0. The molecule has 3 unspecified atom stereocenters. The van der Waals surface area contributed by atoms with Crippen molar-refractivity contribution in [2.75, 3.05) is 0 Å². The lowest BCUT2D eigenvalue weighted by molar-refractivity contribution is -0.159. The lowest BCUT2D eigenvalue weighted by Gasteiger charge is -2.45. The van der Waals surface area contributed by atoms with Crippen molar-refractivity contribution < 1.29 is 9.53 Å². The highest BCUT2D eigenvalue weighted by atomic mass is 16.6. The predicted molar refractivity (Wildman–Crippen MR) is 95.5 cm³/mol. The molecule has 1 aliphatic heterocycles. The molecule has 0 aromatic heterocycles. The fourth-order valence-corrected chi connectivity index (χ4v) is 5.64. The predicted octanol–water partition coefficient (Wildman–Crippen LogP) is 5.38. The van der Waals surface area contributed by atoms with E-state index in [4.69, 9.17) is 4.74 Å². The van der Waals surface area contributed by atoms with Crippen LogP contribution in [0.25, 0.3) is 0 Å². The number of hydrogen-bond acceptors (Lipinski definition) is 2. The summed E-state index contributed by atoms with van der Waals surface area (Å²) in [4.78, 5) is 12.7. The van der Waals surface area contributed by atoms with Crippen molar-refractivity contribution in [1.82, 2.24) is 0 Å². The Labute approximate surface area is 146 Å². The van der Waals surface area contributed by atoms with Crippen LogP contribution in [-0.4, -0.2) is 5.97 Å². The van der Waals surface area contributed by atoms with Gasteiger partial charge in [0.2, 0.25) is 0 Å². The number of rotatable bonds is 2. The normalized spacial score (nSPS) is 39.3. The van der Waals surface area contributed by atoms with Gasteiger partial charge in [-0.25, -0.2) is 0 Å². The molecule has 4 rings (SSSR count). The molecule has 24 heavy (non-hydrogen) atoms. The number of carbonyl (C=O) groups excluding carboxylic acids is 1. The Morgan fingerprint density at radius 1 is 0.958 bits per heavy atom. The van der Waals surface area contributed by atoms with Gasteiger partial charge in [0.25, 0.3) is 0 Å². The number of hydrogen-bond donors (Lipinski definition) is 0. The summed E-state index contributed by atoms with van der Waals surface area (Å²) < 4.78 is 6.36. The van der Waals surface area contributed by atoms with E-state index >= 15 is 0 Å². The Kier molecular flexibility index (Phi) is 4.18. The molecular weight excluding hydrogens is 296 g/mol. The fraction of sp³-hybridized carbons (Fsp3) is 0.682. The first-order valence-electron chi connectivity index (χ1n) is 9.91. The molecule has 3 aliphatic rings. The molecule has 0 bridgehead atoms. The van der Waals surface area contributed by atoms with E-state index in [1.807, 2.05) is 0 Å². The van der Waals surface area contributed by atoms with Crippen molar-refractivity contribution >= 4 is 5.97 Å². The molecule has 1 saturated heterocycles. The van der Waals surface area contributed by atoms with Crippen molar-refractivity contribution in [3.8, 4) is 0 Å². The second-order valence-corrected chi connectivity index (χ2v) is 8.53. The third-order valence-electron chi connectivity index (χ3n) is 7.01. The van der Waals surface area contributed by atoms with E-state index in [-0.39, 0.29) is 17.5 Å². The average Bonchev–Trinajstić information content (AvgIpc) is 2.91. The van der Waals surface area contributed by atoms with Crippen LogP contribution in [0.1, 0.15) is 69.4 Å². The molecule has 3 atom stereocenters. The number of benzene rings is 1. The molecule has 1 aromatic rings. The number of aryl methyl sites for hydroxylation is 1. The first-order valence-corrected chi connectivity index (χ1v) is 9.91. The minimum Gasteiger partial charge on any atom is -0.453 e. The Bertz CT molecular complexity index is 597. The van der Waals surface area contributed by atoms with Crippen LogP contribution >= 0.6 is 0 Å². The van der Waals surface area contributed by atoms with Crippen LogP contribution in [0.5, 0.6) is 0 Å². The zero-order chi connectivity index (χ0) is 16.7. The molecule has 130 valence electrons. The number of ether oxygens (including phenoxy) is 1. The van der Waals surface area contributed by atoms with Gasteiger partial charge in [0.15, 0.2) is 0 Å². The van der Waals surface area contributed by atoms with Crippen molar-refractivity contribution in [3.05, 3.63) is 35.4 Å². The summed E-state index contributed by atoms with van der Waals surface area (Å²) >= 11 is 0. The second kappa shape index (κ2) is 6.20. The van der Waals surface area contributed by atoms with E-state index in [0.29, 0.717) is 11.8 Å². The first-order chi connectivity index (χ1) is 11.6. The van der Waals surface area contributed by atoms with Gasteiger partial charge in [0.05, 0.1) is 5.92 Å². The average molecular weight is 326 g/mol. The quantitative estimate of drug-likeness (QED) is 0.682. The number of carbonyl (C=O) groups is 1. The summed E-state index contributed by atoms with van der Waals surface area (Å²) in [7, 11) is 0. The van der Waals surface area contributed by atoms with Gasteiger partial charge in [-0.2, -0.15) is 0 Å². The molecule has 2 saturated carbocycles. The SMILES string of the molecule is Cc1ccc(C2(C3CCC(C)CC3)OC(=O)C3CCCCC32)cc1. The molecule has 1 heterocycles. The van der Waals surface area contributed by atoms with Crippen LogP contribution in [0.3, 0.4) is 0 Å². The Morgan fingerprint density at radius 2 is 1.62 bits per heavy atom. The highest BCUT2D eigenvalue weighted by Gasteiger charge is 2.60. The molecule has 0 radical (unpaired) electrons. The minimum atomic E-state index is -0.351. The molecular formula is C22H30O2. The Hall–Kier alpha value is -1.31. The van der Waals surface area contributed by atoms with Crippen LogP contribution in [-0.2, 0) is 15.1 Å². The smallest absolute Gasteiger partial charge is 0.310 e. The fourth-order valence-electron chi connectivity index (χ4n) is 5.64. The summed E-state index contributed by atoms with van der Waals surface area (Å²) in [6.45, 7) is 4.49. The maximum Gasteiger partial charge on any atom is 0.310 e. The van der Waals surface area contributed by atoms with Gasteiger partial charge in [-0.1, -0.05) is 62.4 Å². The lowest BCUT2D eigenvalue weighted by Crippen LogP contribution is -2.44. The second-order valence-electron chi connectivity index (χ2n) is 8.53. The monoisotopic (exact) mass is 326 g/mol. The summed E-state index contributed by atoms with van der Waals surface area (Å²) in [5.41, 5.74) is 2.18. The summed E-state index contributed by atoms with van der Waals surface area (Å²) in [5.74, 6) is 1.92. The van der Waals surface area contributed by atoms with E-state index in [0.717, 1.165) is 18.8 Å². The number of fused-ring (bicyclic) bond motifs is 1. The van der Waals surface area contributed by atoms with Crippen LogP contribution in [0.15, 0.2) is 24.3 Å². The van der Waals surface area contributed by atoms with Crippen LogP contribution in [0.2, 0.25) is 0 Å². The third kappa shape index (κ3) is 2.50. The van der Waals surface area contributed by atoms with E-state index in [1.54, 1.807) is 0 Å². The van der Waals surface area contributed by atoms with Crippen molar-refractivity contribution in [2.24, 2.45) is 23.7 Å². The molecule has 3 fully saturated rings. The molecule has 2 aliphatic carbocycles. The molecule has 1 aromatic carbocycles. The van der Waals surface area contributed by atoms with E-state index in [2.05, 4.69) is 38.1 Å². The van der Waals surface area contributed by atoms with Gasteiger partial charge in [-0.15, -0.1) is 0 Å². The summed E-state index contributed by atoms with van der Waals surface area (Å²) in [6.07, 6.45) is 9.55. The largest absolute Gasteiger partial charge is 0.453 e.